The maximum Gasteiger partial charge on any atom is 0.490 e. The van der Waals surface area contributed by atoms with E-state index in [1.165, 1.54) is 17.4 Å². The molecule has 5 aromatic rings. The van der Waals surface area contributed by atoms with Crippen LogP contribution in [0.5, 0.6) is 0 Å². The summed E-state index contributed by atoms with van der Waals surface area (Å²) in [5.41, 5.74) is 2.47. The zero-order chi connectivity index (χ0) is 29.6. The molecule has 1 amide bonds. The molecule has 8 nitrogen and oxygen atoms in total. The van der Waals surface area contributed by atoms with Crippen molar-refractivity contribution < 1.29 is 36.6 Å². The lowest BCUT2D eigenvalue weighted by atomic mass is 10.2. The highest BCUT2D eigenvalue weighted by Gasteiger charge is 2.38. The number of nitrogens with zero attached hydrogens (tertiary/aromatic N) is 3. The first kappa shape index (κ1) is 29.1. The number of halogens is 5. The van der Waals surface area contributed by atoms with Crippen molar-refractivity contribution in [2.24, 2.45) is 0 Å². The second kappa shape index (κ2) is 12.6. The van der Waals surface area contributed by atoms with E-state index < -0.39 is 29.7 Å². The third-order valence-electron chi connectivity index (χ3n) is 5.46. The maximum atomic E-state index is 13.5. The van der Waals surface area contributed by atoms with Gasteiger partial charge >= 0.3 is 12.1 Å². The van der Waals surface area contributed by atoms with Gasteiger partial charge in [0.2, 0.25) is 0 Å². The molecule has 0 atom stereocenters. The lowest BCUT2D eigenvalue weighted by Gasteiger charge is -2.04. The molecule has 0 radical (unpaired) electrons. The summed E-state index contributed by atoms with van der Waals surface area (Å²) < 4.78 is 60.2. The summed E-state index contributed by atoms with van der Waals surface area (Å²) in [6.07, 6.45) is -1.52. The van der Waals surface area contributed by atoms with Crippen LogP contribution < -0.4 is 10.6 Å². The van der Waals surface area contributed by atoms with Crippen LogP contribution >= 0.6 is 11.3 Å². The molecule has 0 fully saturated rings. The Bertz CT molecular complexity index is 1670. The number of hydrogen-bond donors (Lipinski definition) is 3. The number of rotatable bonds is 7. The number of carboxylic acids is 1. The molecular weight excluding hydrogens is 569 g/mol. The van der Waals surface area contributed by atoms with Crippen LogP contribution in [-0.2, 0) is 17.9 Å². The summed E-state index contributed by atoms with van der Waals surface area (Å²) in [7, 11) is 0. The molecule has 14 heteroatoms. The molecule has 0 unspecified atom stereocenters. The molecule has 0 spiro atoms. The second-order valence-corrected chi connectivity index (χ2v) is 9.37. The van der Waals surface area contributed by atoms with Gasteiger partial charge in [0, 0.05) is 19.3 Å². The molecular formula is C27H20F5N5O3S. The number of thiazole rings is 1. The number of pyridine rings is 1. The molecule has 212 valence electrons. The number of carboxylic acid groups (broad SMARTS) is 1. The van der Waals surface area contributed by atoms with Gasteiger partial charge in [0.05, 0.1) is 16.6 Å². The van der Waals surface area contributed by atoms with E-state index in [-0.39, 0.29) is 12.2 Å². The number of carbonyl (C=O) groups excluding carboxylic acids is 1. The normalized spacial score (nSPS) is 11.0. The van der Waals surface area contributed by atoms with Gasteiger partial charge < -0.3 is 15.7 Å². The fourth-order valence-corrected chi connectivity index (χ4v) is 4.33. The molecule has 3 aromatic heterocycles. The summed E-state index contributed by atoms with van der Waals surface area (Å²) in [5, 5.41) is 13.9. The molecule has 0 saturated heterocycles. The predicted octanol–water partition coefficient (Wildman–Crippen LogP) is 5.91. The molecule has 5 rings (SSSR count). The monoisotopic (exact) mass is 589 g/mol. The number of alkyl halides is 3. The Morgan fingerprint density at radius 2 is 1.63 bits per heavy atom. The van der Waals surface area contributed by atoms with Crippen LogP contribution in [0, 0.1) is 11.6 Å². The first-order valence-electron chi connectivity index (χ1n) is 11.8. The van der Waals surface area contributed by atoms with Crippen molar-refractivity contribution in [3.05, 3.63) is 108 Å². The van der Waals surface area contributed by atoms with Crippen LogP contribution in [0.25, 0.3) is 16.2 Å². The summed E-state index contributed by atoms with van der Waals surface area (Å²) >= 11 is 1.44. The third kappa shape index (κ3) is 7.42. The molecule has 0 aliphatic rings. The Labute approximate surface area is 233 Å². The number of amides is 1. The van der Waals surface area contributed by atoms with Crippen LogP contribution in [0.4, 0.5) is 27.1 Å². The zero-order valence-corrected chi connectivity index (χ0v) is 21.6. The summed E-state index contributed by atoms with van der Waals surface area (Å²) in [6.45, 7) is 0.694. The minimum atomic E-state index is -5.08. The highest BCUT2D eigenvalue weighted by atomic mass is 32.1. The fraction of sp³-hybridized carbons (Fsp3) is 0.111. The number of aromatic nitrogens is 3. The standard InChI is InChI=1S/C25H19F2N5OS.C2HF3O2/c26-18-10-9-17(12-19(18)27)14-28-24(33)22-20-8-4-5-11-32(20)23(31-22)21-15-30-25(34-21)29-13-16-6-2-1-3-7-16;3-2(4,5)1(6)7/h1-12,15H,13-14H2,(H,28,33)(H,29,30);(H,6,7). The maximum absolute atomic E-state index is 13.5. The smallest absolute Gasteiger partial charge is 0.475 e. The number of anilines is 1. The zero-order valence-electron chi connectivity index (χ0n) is 20.8. The number of fused-ring (bicyclic) bond motifs is 1. The van der Waals surface area contributed by atoms with E-state index in [1.54, 1.807) is 12.3 Å². The van der Waals surface area contributed by atoms with Crippen LogP contribution in [0.1, 0.15) is 21.6 Å². The average Bonchev–Trinajstić information content (AvgIpc) is 3.58. The highest BCUT2D eigenvalue weighted by molar-refractivity contribution is 7.18. The summed E-state index contributed by atoms with van der Waals surface area (Å²) in [4.78, 5) is 31.7. The quantitative estimate of drug-likeness (QED) is 0.204. The SMILES string of the molecule is O=C(NCc1ccc(F)c(F)c1)c1nc(-c2cnc(NCc3ccccc3)s2)n2ccccc12.O=C(O)C(F)(F)F. The molecule has 3 N–H and O–H groups in total. The van der Waals surface area contributed by atoms with Gasteiger partial charge in [0.25, 0.3) is 5.91 Å². The lowest BCUT2D eigenvalue weighted by molar-refractivity contribution is -0.192. The molecule has 0 aliphatic heterocycles. The number of carbonyl (C=O) groups is 2. The summed E-state index contributed by atoms with van der Waals surface area (Å²) in [5.74, 6) is -4.46. The van der Waals surface area contributed by atoms with Crippen molar-refractivity contribution >= 4 is 33.9 Å². The Morgan fingerprint density at radius 3 is 2.32 bits per heavy atom. The van der Waals surface area contributed by atoms with Gasteiger partial charge in [-0.25, -0.2) is 23.5 Å². The van der Waals surface area contributed by atoms with Gasteiger partial charge in [-0.2, -0.15) is 13.2 Å². The minimum Gasteiger partial charge on any atom is -0.475 e. The van der Waals surface area contributed by atoms with Gasteiger partial charge in [-0.1, -0.05) is 53.8 Å². The van der Waals surface area contributed by atoms with E-state index in [0.717, 1.165) is 27.7 Å². The number of aliphatic carboxylic acids is 1. The number of imidazole rings is 1. The highest BCUT2D eigenvalue weighted by Crippen LogP contribution is 2.30. The van der Waals surface area contributed by atoms with Gasteiger partial charge in [0.15, 0.2) is 28.3 Å². The van der Waals surface area contributed by atoms with Crippen molar-refractivity contribution in [3.63, 3.8) is 0 Å². The predicted molar refractivity (Wildman–Crippen MR) is 141 cm³/mol. The van der Waals surface area contributed by atoms with Crippen molar-refractivity contribution in [2.75, 3.05) is 5.32 Å². The Morgan fingerprint density at radius 1 is 0.927 bits per heavy atom. The van der Waals surface area contributed by atoms with E-state index in [2.05, 4.69) is 20.6 Å². The topological polar surface area (TPSA) is 109 Å². The average molecular weight is 590 g/mol. The van der Waals surface area contributed by atoms with Crippen LogP contribution in [0.15, 0.2) is 79.1 Å². The largest absolute Gasteiger partial charge is 0.490 e. The van der Waals surface area contributed by atoms with Crippen molar-refractivity contribution in [3.8, 4) is 10.7 Å². The number of hydrogen-bond acceptors (Lipinski definition) is 6. The minimum absolute atomic E-state index is 0.0470. The van der Waals surface area contributed by atoms with E-state index in [1.807, 2.05) is 53.1 Å². The molecule has 2 aromatic carbocycles. The molecule has 3 heterocycles. The Kier molecular flexibility index (Phi) is 8.92. The van der Waals surface area contributed by atoms with Crippen LogP contribution in [0.3, 0.4) is 0 Å². The van der Waals surface area contributed by atoms with Crippen molar-refractivity contribution in [2.45, 2.75) is 19.3 Å². The fourth-order valence-electron chi connectivity index (χ4n) is 3.53. The lowest BCUT2D eigenvalue weighted by Crippen LogP contribution is -2.23. The molecule has 0 aliphatic carbocycles. The van der Waals surface area contributed by atoms with Gasteiger partial charge in [-0.15, -0.1) is 0 Å². The van der Waals surface area contributed by atoms with Crippen LogP contribution in [-0.4, -0.2) is 37.5 Å². The Balaban J connectivity index is 0.000000493. The summed E-state index contributed by atoms with van der Waals surface area (Å²) in [6, 6.07) is 19.0. The van der Waals surface area contributed by atoms with Gasteiger partial charge in [-0.3, -0.25) is 9.20 Å². The number of benzene rings is 2. The van der Waals surface area contributed by atoms with E-state index in [4.69, 9.17) is 9.90 Å². The molecule has 0 bridgehead atoms. The van der Waals surface area contributed by atoms with E-state index in [0.29, 0.717) is 23.4 Å². The first-order chi connectivity index (χ1) is 19.5. The first-order valence-corrected chi connectivity index (χ1v) is 12.6. The Hall–Kier alpha value is -4.85. The van der Waals surface area contributed by atoms with Crippen molar-refractivity contribution in [1.82, 2.24) is 19.7 Å². The van der Waals surface area contributed by atoms with Crippen molar-refractivity contribution in [1.29, 1.82) is 0 Å². The molecule has 41 heavy (non-hydrogen) atoms. The third-order valence-corrected chi connectivity index (χ3v) is 6.41. The van der Waals surface area contributed by atoms with Crippen LogP contribution in [0.2, 0.25) is 0 Å². The van der Waals surface area contributed by atoms with E-state index in [9.17, 15) is 26.7 Å². The second-order valence-electron chi connectivity index (χ2n) is 8.34. The van der Waals surface area contributed by atoms with E-state index >= 15 is 0 Å². The number of nitrogens with one attached hydrogen (secondary N) is 2. The van der Waals surface area contributed by atoms with Gasteiger partial charge in [-0.05, 0) is 35.4 Å². The van der Waals surface area contributed by atoms with Gasteiger partial charge in [0.1, 0.15) is 0 Å². The molecule has 0 saturated carbocycles.